The number of aryl methyl sites for hydroxylation is 2. The van der Waals surface area contributed by atoms with Crippen LogP contribution in [0.25, 0.3) is 11.0 Å². The van der Waals surface area contributed by atoms with Crippen LogP contribution in [0.4, 0.5) is 0 Å². The summed E-state index contributed by atoms with van der Waals surface area (Å²) in [7, 11) is 0. The molecule has 0 aliphatic carbocycles. The number of H-pyrrole nitrogens is 1. The highest BCUT2D eigenvalue weighted by molar-refractivity contribution is 7.71. The number of nitrogens with one attached hydrogen (secondary N) is 1. The molecule has 0 bridgehead atoms. The van der Waals surface area contributed by atoms with E-state index in [0.29, 0.717) is 6.54 Å². The molecule has 0 saturated carbocycles. The molecular weight excluding hydrogens is 254 g/mol. The highest BCUT2D eigenvalue weighted by atomic mass is 32.1. The summed E-state index contributed by atoms with van der Waals surface area (Å²) in [6.07, 6.45) is 1.83. The van der Waals surface area contributed by atoms with Crippen LogP contribution in [0.2, 0.25) is 0 Å². The lowest BCUT2D eigenvalue weighted by molar-refractivity contribution is 0.778. The van der Waals surface area contributed by atoms with Gasteiger partial charge in [-0.05, 0) is 55.4 Å². The van der Waals surface area contributed by atoms with E-state index in [1.165, 1.54) is 11.1 Å². The molecule has 0 amide bonds. The molecule has 2 aromatic heterocycles. The molecule has 19 heavy (non-hydrogen) atoms. The average molecular weight is 269 g/mol. The summed E-state index contributed by atoms with van der Waals surface area (Å²) in [4.78, 5) is 7.69. The number of aromatic amines is 1. The van der Waals surface area contributed by atoms with Gasteiger partial charge in [-0.15, -0.1) is 0 Å². The van der Waals surface area contributed by atoms with Gasteiger partial charge in [-0.2, -0.15) is 0 Å². The molecule has 0 aliphatic rings. The molecule has 0 atom stereocenters. The molecular formula is C15H15N3S. The Labute approximate surface area is 116 Å². The summed E-state index contributed by atoms with van der Waals surface area (Å²) < 4.78 is 2.85. The smallest absolute Gasteiger partial charge is 0.178 e. The van der Waals surface area contributed by atoms with Crippen molar-refractivity contribution in [1.29, 1.82) is 0 Å². The van der Waals surface area contributed by atoms with E-state index in [9.17, 15) is 0 Å². The van der Waals surface area contributed by atoms with Crippen LogP contribution in [-0.4, -0.2) is 14.5 Å². The lowest BCUT2D eigenvalue weighted by Crippen LogP contribution is -2.03. The summed E-state index contributed by atoms with van der Waals surface area (Å²) in [5.74, 6) is 0. The number of pyridine rings is 1. The maximum Gasteiger partial charge on any atom is 0.178 e. The third kappa shape index (κ3) is 2.19. The highest BCUT2D eigenvalue weighted by Crippen LogP contribution is 2.18. The Morgan fingerprint density at radius 1 is 1.26 bits per heavy atom. The van der Waals surface area contributed by atoms with Gasteiger partial charge in [0, 0.05) is 6.20 Å². The molecule has 3 nitrogen and oxygen atoms in total. The van der Waals surface area contributed by atoms with Crippen LogP contribution >= 0.6 is 12.2 Å². The van der Waals surface area contributed by atoms with E-state index in [2.05, 4.69) is 52.6 Å². The fourth-order valence-electron chi connectivity index (χ4n) is 2.25. The fourth-order valence-corrected chi connectivity index (χ4v) is 2.53. The highest BCUT2D eigenvalue weighted by Gasteiger charge is 2.07. The van der Waals surface area contributed by atoms with Gasteiger partial charge in [0.25, 0.3) is 0 Å². The number of hydrogen-bond donors (Lipinski definition) is 1. The number of rotatable bonds is 2. The number of fused-ring (bicyclic) bond motifs is 1. The minimum atomic E-state index is 0.703. The third-order valence-corrected chi connectivity index (χ3v) is 3.68. The molecule has 0 fully saturated rings. The molecule has 1 N–H and O–H groups in total. The summed E-state index contributed by atoms with van der Waals surface area (Å²) in [5, 5.41) is 0. The maximum absolute atomic E-state index is 5.42. The first-order valence-electron chi connectivity index (χ1n) is 6.25. The normalized spacial score (nSPS) is 11.1. The van der Waals surface area contributed by atoms with Gasteiger partial charge >= 0.3 is 0 Å². The topological polar surface area (TPSA) is 33.6 Å². The predicted molar refractivity (Wildman–Crippen MR) is 79.9 cm³/mol. The quantitative estimate of drug-likeness (QED) is 0.719. The Morgan fingerprint density at radius 2 is 2.11 bits per heavy atom. The Bertz CT molecular complexity index is 799. The number of imidazole rings is 1. The van der Waals surface area contributed by atoms with E-state index < -0.39 is 0 Å². The molecule has 1 aromatic carbocycles. The Morgan fingerprint density at radius 3 is 2.89 bits per heavy atom. The second kappa shape index (κ2) is 4.63. The second-order valence-electron chi connectivity index (χ2n) is 4.80. The summed E-state index contributed by atoms with van der Waals surface area (Å²) in [5.41, 5.74) is 5.68. The largest absolute Gasteiger partial charge is 0.331 e. The van der Waals surface area contributed by atoms with E-state index in [0.717, 1.165) is 21.5 Å². The number of hydrogen-bond acceptors (Lipinski definition) is 2. The molecule has 3 aromatic rings. The number of aromatic nitrogens is 3. The zero-order chi connectivity index (χ0) is 13.4. The van der Waals surface area contributed by atoms with E-state index >= 15 is 0 Å². The third-order valence-electron chi connectivity index (χ3n) is 3.36. The molecule has 0 aliphatic heterocycles. The van der Waals surface area contributed by atoms with Crippen molar-refractivity contribution in [2.75, 3.05) is 0 Å². The fraction of sp³-hybridized carbons (Fsp3) is 0.200. The van der Waals surface area contributed by atoms with Crippen LogP contribution in [0.1, 0.15) is 16.8 Å². The molecule has 0 saturated heterocycles. The number of benzene rings is 1. The Kier molecular flexibility index (Phi) is 2.95. The van der Waals surface area contributed by atoms with E-state index in [-0.39, 0.29) is 0 Å². The summed E-state index contributed by atoms with van der Waals surface area (Å²) in [6.45, 7) is 4.87. The second-order valence-corrected chi connectivity index (χ2v) is 5.19. The van der Waals surface area contributed by atoms with Gasteiger partial charge in [-0.25, -0.2) is 0 Å². The zero-order valence-electron chi connectivity index (χ0n) is 11.0. The molecule has 4 heteroatoms. The summed E-state index contributed by atoms with van der Waals surface area (Å²) in [6, 6.07) is 10.3. The number of nitrogens with zero attached hydrogens (tertiary/aromatic N) is 2. The van der Waals surface area contributed by atoms with Crippen molar-refractivity contribution in [2.24, 2.45) is 0 Å². The van der Waals surface area contributed by atoms with Crippen LogP contribution in [0.3, 0.4) is 0 Å². The van der Waals surface area contributed by atoms with Crippen LogP contribution in [0.15, 0.2) is 36.5 Å². The van der Waals surface area contributed by atoms with Crippen molar-refractivity contribution >= 4 is 23.3 Å². The zero-order valence-corrected chi connectivity index (χ0v) is 11.8. The van der Waals surface area contributed by atoms with Gasteiger partial charge in [0.2, 0.25) is 0 Å². The molecule has 0 unspecified atom stereocenters. The van der Waals surface area contributed by atoms with Gasteiger partial charge in [-0.1, -0.05) is 12.1 Å². The van der Waals surface area contributed by atoms with Crippen molar-refractivity contribution in [1.82, 2.24) is 14.5 Å². The molecule has 3 rings (SSSR count). The minimum Gasteiger partial charge on any atom is -0.331 e. The first kappa shape index (κ1) is 12.1. The standard InChI is InChI=1S/C15H15N3S/c1-10-5-6-12-14(8-10)18(15(19)17-12)9-13-11(2)4-3-7-16-13/h3-8H,9H2,1-2H3,(H,17,19). The van der Waals surface area contributed by atoms with Gasteiger partial charge in [-0.3, -0.25) is 4.98 Å². The van der Waals surface area contributed by atoms with Crippen LogP contribution < -0.4 is 0 Å². The van der Waals surface area contributed by atoms with Gasteiger partial charge in [0.1, 0.15) is 0 Å². The average Bonchev–Trinajstić information content (AvgIpc) is 2.69. The Balaban J connectivity index is 2.15. The van der Waals surface area contributed by atoms with E-state index in [1.54, 1.807) is 0 Å². The van der Waals surface area contributed by atoms with Crippen LogP contribution in [0, 0.1) is 18.6 Å². The van der Waals surface area contributed by atoms with E-state index in [1.807, 2.05) is 12.3 Å². The Hall–Kier alpha value is -1.94. The minimum absolute atomic E-state index is 0.703. The molecule has 96 valence electrons. The van der Waals surface area contributed by atoms with Crippen molar-refractivity contribution in [3.63, 3.8) is 0 Å². The van der Waals surface area contributed by atoms with Crippen molar-refractivity contribution in [3.05, 3.63) is 58.1 Å². The monoisotopic (exact) mass is 269 g/mol. The molecule has 0 radical (unpaired) electrons. The van der Waals surface area contributed by atoms with E-state index in [4.69, 9.17) is 12.2 Å². The van der Waals surface area contributed by atoms with Crippen molar-refractivity contribution in [2.45, 2.75) is 20.4 Å². The first-order valence-corrected chi connectivity index (χ1v) is 6.65. The SMILES string of the molecule is Cc1ccc2[nH]c(=S)n(Cc3ncccc3C)c2c1. The van der Waals surface area contributed by atoms with Crippen molar-refractivity contribution in [3.8, 4) is 0 Å². The van der Waals surface area contributed by atoms with Crippen molar-refractivity contribution < 1.29 is 0 Å². The molecule has 2 heterocycles. The van der Waals surface area contributed by atoms with Crippen LogP contribution in [-0.2, 0) is 6.54 Å². The van der Waals surface area contributed by atoms with Crippen LogP contribution in [0.5, 0.6) is 0 Å². The molecule has 0 spiro atoms. The lowest BCUT2D eigenvalue weighted by Gasteiger charge is -2.07. The predicted octanol–water partition coefficient (Wildman–Crippen LogP) is 3.76. The van der Waals surface area contributed by atoms with Gasteiger partial charge in [0.15, 0.2) is 4.77 Å². The lowest BCUT2D eigenvalue weighted by atomic mass is 10.2. The first-order chi connectivity index (χ1) is 9.15. The van der Waals surface area contributed by atoms with Gasteiger partial charge in [0.05, 0.1) is 23.3 Å². The maximum atomic E-state index is 5.42. The van der Waals surface area contributed by atoms with Gasteiger partial charge < -0.3 is 9.55 Å². The summed E-state index contributed by atoms with van der Waals surface area (Å²) >= 11 is 5.42.